The lowest BCUT2D eigenvalue weighted by molar-refractivity contribution is -0.139. The van der Waals surface area contributed by atoms with Crippen LogP contribution in [0.1, 0.15) is 34.8 Å². The van der Waals surface area contributed by atoms with E-state index in [-0.39, 0.29) is 12.0 Å². The number of rotatable bonds is 8. The van der Waals surface area contributed by atoms with E-state index in [0.717, 1.165) is 11.5 Å². The lowest BCUT2D eigenvalue weighted by Gasteiger charge is -2.25. The van der Waals surface area contributed by atoms with Crippen molar-refractivity contribution < 1.29 is 41.4 Å². The van der Waals surface area contributed by atoms with E-state index < -0.39 is 64.3 Å². The molecule has 0 bridgehead atoms. The molecule has 0 spiro atoms. The molecule has 0 aliphatic carbocycles. The Morgan fingerprint density at radius 1 is 1.09 bits per heavy atom. The number of carboxylic acids is 1. The summed E-state index contributed by atoms with van der Waals surface area (Å²) in [7, 11) is 2.81. The molecule has 3 aromatic rings. The van der Waals surface area contributed by atoms with Crippen LogP contribution in [0, 0.1) is 11.6 Å². The van der Waals surface area contributed by atoms with Gasteiger partial charge in [0.1, 0.15) is 35.0 Å². The predicted octanol–water partition coefficient (Wildman–Crippen LogP) is 3.14. The highest BCUT2D eigenvalue weighted by atomic mass is 19.4. The van der Waals surface area contributed by atoms with E-state index in [9.17, 15) is 46.2 Å². The number of anilines is 1. The number of aromatic nitrogens is 2. The average Bonchev–Trinajstić information content (AvgIpc) is 2.92. The molecule has 1 aliphatic heterocycles. The summed E-state index contributed by atoms with van der Waals surface area (Å²) in [6.07, 6.45) is -2.67. The number of fused-ring (bicyclic) bond motifs is 1. The molecule has 0 unspecified atom stereocenters. The Bertz CT molecular complexity index is 1690. The van der Waals surface area contributed by atoms with Gasteiger partial charge in [0.2, 0.25) is 0 Å². The number of carbonyl (C=O) groups excluding carboxylic acids is 1. The molecule has 1 amide bonds. The Labute approximate surface area is 240 Å². The molecule has 230 valence electrons. The molecule has 43 heavy (non-hydrogen) atoms. The number of benzene rings is 2. The number of nitrogens with one attached hydrogen (secondary N) is 2. The predicted molar refractivity (Wildman–Crippen MR) is 144 cm³/mol. The fourth-order valence-electron chi connectivity index (χ4n) is 4.78. The molecule has 1 aliphatic rings. The molecule has 15 heteroatoms. The highest BCUT2D eigenvalue weighted by Gasteiger charge is 2.36. The summed E-state index contributed by atoms with van der Waals surface area (Å²) in [5.74, 6) is -5.62. The molecular formula is C28H27F5N4O6. The number of aryl methyl sites for hydroxylation is 1. The van der Waals surface area contributed by atoms with Crippen LogP contribution in [-0.2, 0) is 31.7 Å². The van der Waals surface area contributed by atoms with Gasteiger partial charge in [0.25, 0.3) is 11.5 Å². The van der Waals surface area contributed by atoms with Crippen molar-refractivity contribution in [3.8, 4) is 16.9 Å². The number of amides is 1. The van der Waals surface area contributed by atoms with E-state index >= 15 is 0 Å². The minimum absolute atomic E-state index is 0.172. The Morgan fingerprint density at radius 2 is 1.74 bits per heavy atom. The van der Waals surface area contributed by atoms with Gasteiger partial charge in [-0.25, -0.2) is 18.4 Å². The van der Waals surface area contributed by atoms with E-state index in [4.69, 9.17) is 4.74 Å². The summed E-state index contributed by atoms with van der Waals surface area (Å²) >= 11 is 0. The first-order valence-corrected chi connectivity index (χ1v) is 13.0. The van der Waals surface area contributed by atoms with Crippen molar-refractivity contribution in [2.45, 2.75) is 44.4 Å². The van der Waals surface area contributed by atoms with Crippen molar-refractivity contribution in [2.24, 2.45) is 14.1 Å². The minimum atomic E-state index is -4.70. The van der Waals surface area contributed by atoms with Crippen LogP contribution in [0.4, 0.5) is 27.6 Å². The Hall–Kier alpha value is -4.69. The van der Waals surface area contributed by atoms with Crippen LogP contribution in [-0.4, -0.2) is 51.0 Å². The first kappa shape index (κ1) is 31.3. The number of carbonyl (C=O) groups is 2. The smallest absolute Gasteiger partial charge is 0.408 e. The number of ether oxygens (including phenoxy) is 1. The SMILES string of the molecule is C[C@@H](Nc1cc(F)c(C(=O)N[C@@H](Cc2ccc(-c3cn(C)c(=O)n(C)c3=O)c3c2CCCO3)C(=O)O)c(F)c1)C(F)(F)F. The van der Waals surface area contributed by atoms with Crippen molar-refractivity contribution in [3.05, 3.63) is 79.6 Å². The van der Waals surface area contributed by atoms with Gasteiger partial charge in [0, 0.05) is 38.0 Å². The normalized spacial score (nSPS) is 14.3. The van der Waals surface area contributed by atoms with Gasteiger partial charge >= 0.3 is 17.8 Å². The topological polar surface area (TPSA) is 132 Å². The third kappa shape index (κ3) is 6.39. The van der Waals surface area contributed by atoms with E-state index in [0.29, 0.717) is 54.0 Å². The molecule has 0 radical (unpaired) electrons. The number of nitrogens with zero attached hydrogens (tertiary/aromatic N) is 2. The first-order valence-electron chi connectivity index (χ1n) is 13.0. The molecular weight excluding hydrogens is 583 g/mol. The van der Waals surface area contributed by atoms with Crippen molar-refractivity contribution in [1.29, 1.82) is 0 Å². The third-order valence-electron chi connectivity index (χ3n) is 7.08. The molecule has 0 saturated heterocycles. The quantitative estimate of drug-likeness (QED) is 0.334. The lowest BCUT2D eigenvalue weighted by Crippen LogP contribution is -2.43. The first-order chi connectivity index (χ1) is 20.1. The van der Waals surface area contributed by atoms with Crippen LogP contribution in [0.3, 0.4) is 0 Å². The summed E-state index contributed by atoms with van der Waals surface area (Å²) < 4.78 is 75.9. The molecule has 2 aromatic carbocycles. The van der Waals surface area contributed by atoms with Gasteiger partial charge in [-0.3, -0.25) is 14.2 Å². The summed E-state index contributed by atoms with van der Waals surface area (Å²) in [6, 6.07) is 0.267. The van der Waals surface area contributed by atoms with Crippen molar-refractivity contribution >= 4 is 17.6 Å². The fourth-order valence-corrected chi connectivity index (χ4v) is 4.78. The summed E-state index contributed by atoms with van der Waals surface area (Å²) in [6.45, 7) is 1.05. The second-order valence-corrected chi connectivity index (χ2v) is 10.1. The van der Waals surface area contributed by atoms with Gasteiger partial charge in [-0.05, 0) is 43.0 Å². The van der Waals surface area contributed by atoms with E-state index in [1.807, 2.05) is 5.32 Å². The maximum Gasteiger partial charge on any atom is 0.408 e. The van der Waals surface area contributed by atoms with Crippen LogP contribution < -0.4 is 26.6 Å². The second-order valence-electron chi connectivity index (χ2n) is 10.1. The van der Waals surface area contributed by atoms with Crippen LogP contribution >= 0.6 is 0 Å². The molecule has 1 aromatic heterocycles. The maximum absolute atomic E-state index is 14.7. The number of alkyl halides is 3. The Kier molecular flexibility index (Phi) is 8.64. The van der Waals surface area contributed by atoms with Gasteiger partial charge in [0.15, 0.2) is 0 Å². The number of hydrogen-bond donors (Lipinski definition) is 3. The number of carboxylic acid groups (broad SMARTS) is 1. The molecule has 3 N–H and O–H groups in total. The average molecular weight is 611 g/mol. The van der Waals surface area contributed by atoms with Gasteiger partial charge in [-0.2, -0.15) is 13.2 Å². The minimum Gasteiger partial charge on any atom is -0.493 e. The molecule has 0 fully saturated rings. The highest BCUT2D eigenvalue weighted by molar-refractivity contribution is 5.97. The van der Waals surface area contributed by atoms with Gasteiger partial charge in [0.05, 0.1) is 12.2 Å². The molecule has 2 heterocycles. The van der Waals surface area contributed by atoms with Crippen LogP contribution in [0.15, 0.2) is 40.1 Å². The van der Waals surface area contributed by atoms with Crippen molar-refractivity contribution in [3.63, 3.8) is 0 Å². The Morgan fingerprint density at radius 3 is 2.35 bits per heavy atom. The number of hydrogen-bond acceptors (Lipinski definition) is 6. The van der Waals surface area contributed by atoms with E-state index in [1.165, 1.54) is 30.9 Å². The standard InChI is InChI=1S/C28H27F5N4O6/c1-13(28(31,32)33)34-15-10-19(29)22(20(30)11-15)24(38)35-21(26(40)41)9-14-6-7-17(23-16(14)5-4-8-43-23)18-12-36(2)27(42)37(3)25(18)39/h6-7,10-13,21,34H,4-5,8-9H2,1-3H3,(H,35,38)(H,40,41)/t13-,21+/m1/s1. The zero-order valence-corrected chi connectivity index (χ0v) is 23.1. The van der Waals surface area contributed by atoms with Gasteiger partial charge in [-0.1, -0.05) is 12.1 Å². The van der Waals surface area contributed by atoms with Gasteiger partial charge < -0.3 is 25.0 Å². The van der Waals surface area contributed by atoms with Gasteiger partial charge in [-0.15, -0.1) is 0 Å². The fraction of sp³-hybridized carbons (Fsp3) is 0.357. The van der Waals surface area contributed by atoms with E-state index in [1.54, 1.807) is 6.07 Å². The summed E-state index contributed by atoms with van der Waals surface area (Å²) in [4.78, 5) is 49.9. The third-order valence-corrected chi connectivity index (χ3v) is 7.08. The van der Waals surface area contributed by atoms with Crippen LogP contribution in [0.25, 0.3) is 11.1 Å². The lowest BCUT2D eigenvalue weighted by atomic mass is 9.91. The monoisotopic (exact) mass is 610 g/mol. The zero-order valence-electron chi connectivity index (χ0n) is 23.1. The zero-order chi connectivity index (χ0) is 31.8. The van der Waals surface area contributed by atoms with Crippen LogP contribution in [0.2, 0.25) is 0 Å². The maximum atomic E-state index is 14.7. The molecule has 10 nitrogen and oxygen atoms in total. The highest BCUT2D eigenvalue weighted by Crippen LogP contribution is 2.37. The van der Waals surface area contributed by atoms with Crippen molar-refractivity contribution in [1.82, 2.24) is 14.5 Å². The number of halogens is 5. The van der Waals surface area contributed by atoms with Crippen molar-refractivity contribution in [2.75, 3.05) is 11.9 Å². The molecule has 0 saturated carbocycles. The second kappa shape index (κ2) is 11.9. The number of aliphatic carboxylic acids is 1. The largest absolute Gasteiger partial charge is 0.493 e. The van der Waals surface area contributed by atoms with E-state index in [2.05, 4.69) is 5.32 Å². The van der Waals surface area contributed by atoms with Crippen LogP contribution in [0.5, 0.6) is 5.75 Å². The molecule has 4 rings (SSSR count). The Balaban J connectivity index is 1.63. The summed E-state index contributed by atoms with van der Waals surface area (Å²) in [5, 5.41) is 13.8. The molecule has 2 atom stereocenters. The summed E-state index contributed by atoms with van der Waals surface area (Å²) in [5.41, 5.74) is -1.29.